The van der Waals surface area contributed by atoms with Gasteiger partial charge in [0.15, 0.2) is 0 Å². The number of nitrogens with one attached hydrogen (secondary N) is 1. The van der Waals surface area contributed by atoms with Crippen LogP contribution in [0.3, 0.4) is 0 Å². The van der Waals surface area contributed by atoms with Crippen molar-refractivity contribution in [3.63, 3.8) is 0 Å². The molecule has 7 nitrogen and oxygen atoms in total. The number of aryl methyl sites for hydroxylation is 2. The van der Waals surface area contributed by atoms with E-state index in [9.17, 15) is 13.2 Å². The summed E-state index contributed by atoms with van der Waals surface area (Å²) in [6.45, 7) is 7.41. The van der Waals surface area contributed by atoms with Crippen LogP contribution < -0.4 is 19.1 Å². The molecule has 164 valence electrons. The van der Waals surface area contributed by atoms with Gasteiger partial charge in [-0.3, -0.25) is 9.10 Å². The average Bonchev–Trinajstić information content (AvgIpc) is 2.66. The van der Waals surface area contributed by atoms with Gasteiger partial charge >= 0.3 is 0 Å². The van der Waals surface area contributed by atoms with Crippen molar-refractivity contribution in [2.75, 3.05) is 24.3 Å². The second-order valence-electron chi connectivity index (χ2n) is 7.40. The van der Waals surface area contributed by atoms with Gasteiger partial charge in [0, 0.05) is 0 Å². The standard InChI is InChI=1S/C22H30N2O5S/c1-15-11-12-21(28-5)19(13-15)24(30(6,26)27)18(4)22(25)23-17(3)14-29-20-10-8-7-9-16(20)2/h7-13,17-18H,14H2,1-6H3,(H,23,25). The Hall–Kier alpha value is -2.74. The van der Waals surface area contributed by atoms with E-state index in [1.54, 1.807) is 26.0 Å². The van der Waals surface area contributed by atoms with Crippen molar-refractivity contribution in [1.82, 2.24) is 5.32 Å². The average molecular weight is 435 g/mol. The number of nitrogens with zero attached hydrogens (tertiary/aromatic N) is 1. The molecule has 0 radical (unpaired) electrons. The fraction of sp³-hybridized carbons (Fsp3) is 0.409. The molecule has 0 aromatic heterocycles. The summed E-state index contributed by atoms with van der Waals surface area (Å²) in [5, 5.41) is 2.83. The van der Waals surface area contributed by atoms with Gasteiger partial charge in [-0.1, -0.05) is 24.3 Å². The van der Waals surface area contributed by atoms with Crippen molar-refractivity contribution in [3.8, 4) is 11.5 Å². The van der Waals surface area contributed by atoms with Crippen molar-refractivity contribution < 1.29 is 22.7 Å². The highest BCUT2D eigenvalue weighted by molar-refractivity contribution is 7.92. The first kappa shape index (κ1) is 23.5. The van der Waals surface area contributed by atoms with Gasteiger partial charge in [0.1, 0.15) is 24.1 Å². The Bertz CT molecular complexity index is 991. The molecule has 8 heteroatoms. The summed E-state index contributed by atoms with van der Waals surface area (Å²) in [5.41, 5.74) is 2.18. The molecular weight excluding hydrogens is 404 g/mol. The van der Waals surface area contributed by atoms with E-state index in [-0.39, 0.29) is 12.6 Å². The van der Waals surface area contributed by atoms with E-state index in [0.29, 0.717) is 11.4 Å². The molecule has 2 atom stereocenters. The molecule has 0 saturated carbocycles. The van der Waals surface area contributed by atoms with Crippen LogP contribution in [0.4, 0.5) is 5.69 Å². The van der Waals surface area contributed by atoms with Gasteiger partial charge in [0.2, 0.25) is 15.9 Å². The third-order valence-electron chi connectivity index (χ3n) is 4.63. The van der Waals surface area contributed by atoms with Gasteiger partial charge in [-0.2, -0.15) is 0 Å². The summed E-state index contributed by atoms with van der Waals surface area (Å²) < 4.78 is 37.3. The lowest BCUT2D eigenvalue weighted by Crippen LogP contribution is -2.51. The Morgan fingerprint density at radius 1 is 1.10 bits per heavy atom. The molecule has 0 aliphatic rings. The third kappa shape index (κ3) is 5.89. The Kier molecular flexibility index (Phi) is 7.72. The van der Waals surface area contributed by atoms with Crippen LogP contribution >= 0.6 is 0 Å². The second-order valence-corrected chi connectivity index (χ2v) is 9.26. The van der Waals surface area contributed by atoms with Crippen LogP contribution in [-0.4, -0.2) is 46.4 Å². The Balaban J connectivity index is 2.16. The number of sulfonamides is 1. The van der Waals surface area contributed by atoms with Crippen molar-refractivity contribution >= 4 is 21.6 Å². The number of rotatable bonds is 9. The summed E-state index contributed by atoms with van der Waals surface area (Å²) in [6.07, 6.45) is 1.07. The fourth-order valence-corrected chi connectivity index (χ4v) is 4.26. The number of hydrogen-bond acceptors (Lipinski definition) is 5. The molecule has 2 rings (SSSR count). The number of carbonyl (C=O) groups excluding carboxylic acids is 1. The summed E-state index contributed by atoms with van der Waals surface area (Å²) in [4.78, 5) is 12.9. The monoisotopic (exact) mass is 434 g/mol. The van der Waals surface area contributed by atoms with E-state index in [0.717, 1.165) is 27.4 Å². The smallest absolute Gasteiger partial charge is 0.243 e. The minimum atomic E-state index is -3.75. The number of para-hydroxylation sites is 1. The predicted molar refractivity (Wildman–Crippen MR) is 119 cm³/mol. The van der Waals surface area contributed by atoms with E-state index in [1.165, 1.54) is 7.11 Å². The van der Waals surface area contributed by atoms with E-state index in [1.807, 2.05) is 44.2 Å². The van der Waals surface area contributed by atoms with Crippen molar-refractivity contribution in [2.24, 2.45) is 0 Å². The van der Waals surface area contributed by atoms with E-state index >= 15 is 0 Å². The van der Waals surface area contributed by atoms with Crippen molar-refractivity contribution in [2.45, 2.75) is 39.8 Å². The number of carbonyl (C=O) groups is 1. The molecule has 1 N–H and O–H groups in total. The van der Waals surface area contributed by atoms with Gasteiger partial charge in [-0.15, -0.1) is 0 Å². The number of methoxy groups -OCH3 is 1. The van der Waals surface area contributed by atoms with E-state index < -0.39 is 22.0 Å². The van der Waals surface area contributed by atoms with E-state index in [2.05, 4.69) is 5.32 Å². The molecule has 0 fully saturated rings. The molecule has 0 aliphatic heterocycles. The van der Waals surface area contributed by atoms with Crippen molar-refractivity contribution in [3.05, 3.63) is 53.6 Å². The van der Waals surface area contributed by atoms with Crippen LogP contribution in [0.1, 0.15) is 25.0 Å². The largest absolute Gasteiger partial charge is 0.495 e. The van der Waals surface area contributed by atoms with Gasteiger partial charge in [0.25, 0.3) is 0 Å². The highest BCUT2D eigenvalue weighted by atomic mass is 32.2. The minimum Gasteiger partial charge on any atom is -0.495 e. The summed E-state index contributed by atoms with van der Waals surface area (Å²) >= 11 is 0. The zero-order chi connectivity index (χ0) is 22.5. The first-order valence-electron chi connectivity index (χ1n) is 9.67. The van der Waals surface area contributed by atoms with E-state index in [4.69, 9.17) is 9.47 Å². The molecule has 0 saturated heterocycles. The van der Waals surface area contributed by atoms with Crippen molar-refractivity contribution in [1.29, 1.82) is 0 Å². The molecular formula is C22H30N2O5S. The maximum Gasteiger partial charge on any atom is 0.243 e. The number of anilines is 1. The maximum atomic E-state index is 12.9. The molecule has 30 heavy (non-hydrogen) atoms. The quantitative estimate of drug-likeness (QED) is 0.656. The number of benzene rings is 2. The molecule has 0 bridgehead atoms. The molecule has 2 unspecified atom stereocenters. The molecule has 2 aromatic rings. The highest BCUT2D eigenvalue weighted by Crippen LogP contribution is 2.32. The normalized spacial score (nSPS) is 13.3. The third-order valence-corrected chi connectivity index (χ3v) is 5.86. The lowest BCUT2D eigenvalue weighted by molar-refractivity contribution is -0.122. The lowest BCUT2D eigenvalue weighted by atomic mass is 10.2. The van der Waals surface area contributed by atoms with Crippen LogP contribution in [0.25, 0.3) is 0 Å². The Labute approximate surface area is 179 Å². The van der Waals surface area contributed by atoms with Crippen LogP contribution in [0.5, 0.6) is 11.5 Å². The summed E-state index contributed by atoms with van der Waals surface area (Å²) in [6, 6.07) is 11.5. The summed E-state index contributed by atoms with van der Waals surface area (Å²) in [7, 11) is -2.28. The number of hydrogen-bond donors (Lipinski definition) is 1. The topological polar surface area (TPSA) is 84.9 Å². The number of ether oxygens (including phenoxy) is 2. The highest BCUT2D eigenvalue weighted by Gasteiger charge is 2.32. The lowest BCUT2D eigenvalue weighted by Gasteiger charge is -2.30. The van der Waals surface area contributed by atoms with Crippen LogP contribution in [0.2, 0.25) is 0 Å². The zero-order valence-electron chi connectivity index (χ0n) is 18.3. The molecule has 0 aliphatic carbocycles. The second kappa shape index (κ2) is 9.84. The first-order valence-corrected chi connectivity index (χ1v) is 11.5. The Morgan fingerprint density at radius 3 is 2.37 bits per heavy atom. The predicted octanol–water partition coefficient (Wildman–Crippen LogP) is 3.05. The van der Waals surface area contributed by atoms with Crippen LogP contribution in [0.15, 0.2) is 42.5 Å². The molecule has 0 heterocycles. The van der Waals surface area contributed by atoms with Gasteiger partial charge in [-0.05, 0) is 57.0 Å². The number of amides is 1. The first-order chi connectivity index (χ1) is 14.0. The summed E-state index contributed by atoms with van der Waals surface area (Å²) in [5.74, 6) is 0.695. The minimum absolute atomic E-state index is 0.260. The van der Waals surface area contributed by atoms with Gasteiger partial charge in [0.05, 0.1) is 25.1 Å². The van der Waals surface area contributed by atoms with Crippen LogP contribution in [0, 0.1) is 13.8 Å². The fourth-order valence-electron chi connectivity index (χ4n) is 3.09. The maximum absolute atomic E-state index is 12.9. The van der Waals surface area contributed by atoms with Gasteiger partial charge in [-0.25, -0.2) is 8.42 Å². The van der Waals surface area contributed by atoms with Gasteiger partial charge < -0.3 is 14.8 Å². The molecule has 2 aromatic carbocycles. The molecule has 1 amide bonds. The Morgan fingerprint density at radius 2 is 1.77 bits per heavy atom. The SMILES string of the molecule is COc1ccc(C)cc1N(C(C)C(=O)NC(C)COc1ccccc1C)S(C)(=O)=O. The van der Waals surface area contributed by atoms with Crippen LogP contribution in [-0.2, 0) is 14.8 Å². The molecule has 0 spiro atoms. The zero-order valence-corrected chi connectivity index (χ0v) is 19.1.